The van der Waals surface area contributed by atoms with Crippen LogP contribution in [0.25, 0.3) is 0 Å². The first kappa shape index (κ1) is 15.9. The molecule has 1 atom stereocenters. The molecule has 21 heavy (non-hydrogen) atoms. The van der Waals surface area contributed by atoms with Crippen LogP contribution in [0.1, 0.15) is 61.9 Å². The third kappa shape index (κ3) is 4.23. The van der Waals surface area contributed by atoms with E-state index in [1.54, 1.807) is 0 Å². The fraction of sp³-hybridized carbons (Fsp3) is 0.611. The average molecular weight is 288 g/mol. The fourth-order valence-electron chi connectivity index (χ4n) is 3.13. The molecule has 0 bridgehead atoms. The monoisotopic (exact) mass is 288 g/mol. The van der Waals surface area contributed by atoms with E-state index in [2.05, 4.69) is 31.4 Å². The molecule has 3 nitrogen and oxygen atoms in total. The molecule has 0 aromatic heterocycles. The van der Waals surface area contributed by atoms with E-state index in [-0.39, 0.29) is 11.9 Å². The van der Waals surface area contributed by atoms with Gasteiger partial charge in [-0.3, -0.25) is 4.79 Å². The molecule has 1 aliphatic carbocycles. The van der Waals surface area contributed by atoms with Crippen LogP contribution in [0.2, 0.25) is 0 Å². The highest BCUT2D eigenvalue weighted by molar-refractivity contribution is 5.95. The molecular weight excluding hydrogens is 260 g/mol. The topological polar surface area (TPSA) is 41.1 Å². The van der Waals surface area contributed by atoms with Crippen molar-refractivity contribution in [2.24, 2.45) is 5.92 Å². The molecule has 1 amide bonds. The molecule has 1 fully saturated rings. The lowest BCUT2D eigenvalue weighted by Crippen LogP contribution is -2.37. The summed E-state index contributed by atoms with van der Waals surface area (Å²) in [6.07, 6.45) is 6.21. The molecule has 1 aliphatic rings. The van der Waals surface area contributed by atoms with Crippen LogP contribution in [-0.4, -0.2) is 18.5 Å². The van der Waals surface area contributed by atoms with Crippen molar-refractivity contribution in [3.8, 4) is 0 Å². The highest BCUT2D eigenvalue weighted by Crippen LogP contribution is 2.27. The molecular formula is C18H28N2O. The van der Waals surface area contributed by atoms with Gasteiger partial charge in [-0.2, -0.15) is 0 Å². The summed E-state index contributed by atoms with van der Waals surface area (Å²) in [6, 6.07) is 6.19. The van der Waals surface area contributed by atoms with Crippen LogP contribution in [0, 0.1) is 12.8 Å². The molecule has 0 aliphatic heterocycles. The number of aryl methyl sites for hydroxylation is 1. The van der Waals surface area contributed by atoms with Crippen LogP contribution in [0.4, 0.5) is 5.69 Å². The van der Waals surface area contributed by atoms with Gasteiger partial charge in [-0.05, 0) is 62.8 Å². The largest absolute Gasteiger partial charge is 0.385 e. The predicted octanol–water partition coefficient (Wildman–Crippen LogP) is 4.13. The minimum atomic E-state index is 0.0551. The first-order chi connectivity index (χ1) is 10.1. The Bertz CT molecular complexity index is 478. The zero-order chi connectivity index (χ0) is 15.2. The number of amides is 1. The van der Waals surface area contributed by atoms with Gasteiger partial charge in [-0.15, -0.1) is 0 Å². The third-order valence-corrected chi connectivity index (χ3v) is 4.52. The van der Waals surface area contributed by atoms with Gasteiger partial charge in [0, 0.05) is 23.8 Å². The first-order valence-electron chi connectivity index (χ1n) is 8.27. The van der Waals surface area contributed by atoms with E-state index < -0.39 is 0 Å². The van der Waals surface area contributed by atoms with Gasteiger partial charge in [0.2, 0.25) is 0 Å². The Morgan fingerprint density at radius 3 is 2.67 bits per heavy atom. The lowest BCUT2D eigenvalue weighted by Gasteiger charge is -2.20. The van der Waals surface area contributed by atoms with Crippen LogP contribution >= 0.6 is 0 Å². The number of hydrogen-bond acceptors (Lipinski definition) is 2. The molecule has 116 valence electrons. The highest BCUT2D eigenvalue weighted by Gasteiger charge is 2.23. The van der Waals surface area contributed by atoms with Crippen LogP contribution < -0.4 is 10.6 Å². The van der Waals surface area contributed by atoms with Crippen molar-refractivity contribution in [2.45, 2.75) is 58.9 Å². The maximum absolute atomic E-state index is 12.4. The fourth-order valence-corrected chi connectivity index (χ4v) is 3.13. The van der Waals surface area contributed by atoms with Crippen molar-refractivity contribution in [3.63, 3.8) is 0 Å². The van der Waals surface area contributed by atoms with Gasteiger partial charge in [-0.25, -0.2) is 0 Å². The number of nitrogens with one attached hydrogen (secondary N) is 2. The summed E-state index contributed by atoms with van der Waals surface area (Å²) >= 11 is 0. The van der Waals surface area contributed by atoms with Crippen molar-refractivity contribution in [1.82, 2.24) is 5.32 Å². The molecule has 0 spiro atoms. The van der Waals surface area contributed by atoms with E-state index in [1.165, 1.54) is 25.7 Å². The summed E-state index contributed by atoms with van der Waals surface area (Å²) < 4.78 is 0. The number of rotatable bonds is 6. The Kier molecular flexibility index (Phi) is 5.66. The van der Waals surface area contributed by atoms with Crippen LogP contribution in [0.15, 0.2) is 18.2 Å². The summed E-state index contributed by atoms with van der Waals surface area (Å²) in [7, 11) is 0. The second-order valence-corrected chi connectivity index (χ2v) is 6.26. The summed E-state index contributed by atoms with van der Waals surface area (Å²) in [5.74, 6) is 0.708. The summed E-state index contributed by atoms with van der Waals surface area (Å²) in [6.45, 7) is 7.30. The average Bonchev–Trinajstić information content (AvgIpc) is 3.00. The van der Waals surface area contributed by atoms with E-state index >= 15 is 0 Å². The molecule has 0 saturated heterocycles. The van der Waals surface area contributed by atoms with Gasteiger partial charge in [0.15, 0.2) is 0 Å². The Hall–Kier alpha value is -1.51. The quantitative estimate of drug-likeness (QED) is 0.826. The van der Waals surface area contributed by atoms with Crippen molar-refractivity contribution in [3.05, 3.63) is 29.3 Å². The Labute approximate surface area is 128 Å². The normalized spacial score (nSPS) is 16.7. The summed E-state index contributed by atoms with van der Waals surface area (Å²) in [5, 5.41) is 6.55. The zero-order valence-electron chi connectivity index (χ0n) is 13.5. The lowest BCUT2D eigenvalue weighted by molar-refractivity contribution is 0.0927. The van der Waals surface area contributed by atoms with Gasteiger partial charge < -0.3 is 10.6 Å². The highest BCUT2D eigenvalue weighted by atomic mass is 16.1. The SMILES string of the molecule is CCCNc1ccc(C(=O)NC(C)C2CCCC2)cc1C. The number of carbonyl (C=O) groups excluding carboxylic acids is 1. The van der Waals surface area contributed by atoms with Gasteiger partial charge in [0.25, 0.3) is 5.91 Å². The molecule has 2 rings (SSSR count). The number of anilines is 1. The number of carbonyl (C=O) groups is 1. The molecule has 0 radical (unpaired) electrons. The molecule has 1 saturated carbocycles. The smallest absolute Gasteiger partial charge is 0.251 e. The zero-order valence-corrected chi connectivity index (χ0v) is 13.5. The van der Waals surface area contributed by atoms with E-state index in [9.17, 15) is 4.79 Å². The van der Waals surface area contributed by atoms with Crippen molar-refractivity contribution in [2.75, 3.05) is 11.9 Å². The molecule has 3 heteroatoms. The second-order valence-electron chi connectivity index (χ2n) is 6.26. The molecule has 2 N–H and O–H groups in total. The van der Waals surface area contributed by atoms with Crippen molar-refractivity contribution >= 4 is 11.6 Å². The molecule has 1 unspecified atom stereocenters. The van der Waals surface area contributed by atoms with E-state index in [0.717, 1.165) is 29.8 Å². The van der Waals surface area contributed by atoms with E-state index in [0.29, 0.717) is 5.92 Å². The van der Waals surface area contributed by atoms with Gasteiger partial charge in [0.1, 0.15) is 0 Å². The summed E-state index contributed by atoms with van der Waals surface area (Å²) in [5.41, 5.74) is 3.02. The second kappa shape index (κ2) is 7.48. The van der Waals surface area contributed by atoms with Crippen LogP contribution in [-0.2, 0) is 0 Å². The van der Waals surface area contributed by atoms with Crippen molar-refractivity contribution < 1.29 is 4.79 Å². The molecule has 1 aromatic carbocycles. The Morgan fingerprint density at radius 2 is 2.05 bits per heavy atom. The first-order valence-corrected chi connectivity index (χ1v) is 8.27. The Balaban J connectivity index is 1.97. The minimum absolute atomic E-state index is 0.0551. The van der Waals surface area contributed by atoms with E-state index in [1.807, 2.05) is 18.2 Å². The van der Waals surface area contributed by atoms with Gasteiger partial charge >= 0.3 is 0 Å². The standard InChI is InChI=1S/C18H28N2O/c1-4-11-19-17-10-9-16(12-13(17)2)18(21)20-14(3)15-7-5-6-8-15/h9-10,12,14-15,19H,4-8,11H2,1-3H3,(H,20,21). The maximum Gasteiger partial charge on any atom is 0.251 e. The minimum Gasteiger partial charge on any atom is -0.385 e. The Morgan fingerprint density at radius 1 is 1.33 bits per heavy atom. The van der Waals surface area contributed by atoms with Crippen LogP contribution in [0.5, 0.6) is 0 Å². The number of benzene rings is 1. The predicted molar refractivity (Wildman–Crippen MR) is 88.8 cm³/mol. The third-order valence-electron chi connectivity index (χ3n) is 4.52. The molecule has 0 heterocycles. The van der Waals surface area contributed by atoms with Gasteiger partial charge in [-0.1, -0.05) is 19.8 Å². The molecule has 1 aromatic rings. The number of hydrogen-bond donors (Lipinski definition) is 2. The van der Waals surface area contributed by atoms with Crippen LogP contribution in [0.3, 0.4) is 0 Å². The maximum atomic E-state index is 12.4. The van der Waals surface area contributed by atoms with Gasteiger partial charge in [0.05, 0.1) is 0 Å². The van der Waals surface area contributed by atoms with Crippen molar-refractivity contribution in [1.29, 1.82) is 0 Å². The summed E-state index contributed by atoms with van der Waals surface area (Å²) in [4.78, 5) is 12.4. The van der Waals surface area contributed by atoms with E-state index in [4.69, 9.17) is 0 Å². The lowest BCUT2D eigenvalue weighted by atomic mass is 9.99.